The maximum absolute atomic E-state index is 7.01. The van der Waals surface area contributed by atoms with E-state index in [1.54, 1.807) is 0 Å². The van der Waals surface area contributed by atoms with Gasteiger partial charge in [0.05, 0.1) is 0 Å². The van der Waals surface area contributed by atoms with E-state index in [4.69, 9.17) is 9.72 Å². The van der Waals surface area contributed by atoms with Gasteiger partial charge in [-0.3, -0.25) is 0 Å². The topological polar surface area (TPSA) is 33.5 Å². The second-order valence-electron chi connectivity index (χ2n) is 24.7. The molecule has 0 saturated carbocycles. The van der Waals surface area contributed by atoms with Crippen LogP contribution in [0.5, 0.6) is 11.5 Å². The van der Waals surface area contributed by atoms with E-state index in [2.05, 4.69) is 277 Å². The predicted molar refractivity (Wildman–Crippen MR) is 319 cm³/mol. The van der Waals surface area contributed by atoms with E-state index < -0.39 is 0 Å². The van der Waals surface area contributed by atoms with Gasteiger partial charge in [0.15, 0.2) is 0 Å². The van der Waals surface area contributed by atoms with Crippen LogP contribution in [0.25, 0.3) is 38.8 Å². The zero-order chi connectivity index (χ0) is 52.6. The summed E-state index contributed by atoms with van der Waals surface area (Å²) in [5.74, 6) is 2.79. The van der Waals surface area contributed by atoms with Crippen LogP contribution in [0.4, 0.5) is 22.7 Å². The van der Waals surface area contributed by atoms with E-state index in [-0.39, 0.29) is 50.2 Å². The largest absolute Gasteiger partial charge is 4.00 e. The smallest absolute Gasteiger partial charge is 0.509 e. The van der Waals surface area contributed by atoms with E-state index in [1.165, 1.54) is 55.5 Å². The fourth-order valence-electron chi connectivity index (χ4n) is 10.8. The van der Waals surface area contributed by atoms with Crippen molar-refractivity contribution >= 4 is 44.6 Å². The first-order valence-electron chi connectivity index (χ1n) is 26.6. The molecule has 0 amide bonds. The van der Waals surface area contributed by atoms with Crippen molar-refractivity contribution in [1.82, 2.24) is 9.55 Å². The van der Waals surface area contributed by atoms with Gasteiger partial charge in [-0.1, -0.05) is 194 Å². The maximum atomic E-state index is 7.01. The van der Waals surface area contributed by atoms with Gasteiger partial charge in [0.25, 0.3) is 0 Å². The van der Waals surface area contributed by atoms with Crippen molar-refractivity contribution in [3.63, 3.8) is 0 Å². The first kappa shape index (κ1) is 55.8. The molecule has 0 aliphatic carbocycles. The molecule has 0 saturated heterocycles. The molecule has 7 aromatic carbocycles. The number of benzene rings is 7. The van der Waals surface area contributed by atoms with Crippen LogP contribution in [0.3, 0.4) is 0 Å². The van der Waals surface area contributed by atoms with Gasteiger partial charge in [0.2, 0.25) is 0 Å². The molecule has 3 heterocycles. The second kappa shape index (κ2) is 20.8. The Morgan fingerprint density at radius 3 is 1.84 bits per heavy atom. The molecule has 0 spiro atoms. The number of ether oxygens (including phenoxy) is 1. The first-order valence-corrected chi connectivity index (χ1v) is 26.6. The van der Waals surface area contributed by atoms with E-state index in [0.29, 0.717) is 23.3 Å². The summed E-state index contributed by atoms with van der Waals surface area (Å²) in [5.41, 5.74) is 17.0. The van der Waals surface area contributed by atoms with E-state index in [1.807, 2.05) is 12.3 Å². The fraction of sp³-hybridized carbons (Fsp3) is 0.300. The van der Waals surface area contributed by atoms with Gasteiger partial charge in [0.1, 0.15) is 5.82 Å². The third kappa shape index (κ3) is 10.4. The summed E-state index contributed by atoms with van der Waals surface area (Å²) in [6, 6.07) is 60.9. The van der Waals surface area contributed by atoms with Gasteiger partial charge in [-0.05, 0) is 120 Å². The van der Waals surface area contributed by atoms with Crippen molar-refractivity contribution in [2.45, 2.75) is 137 Å². The average molecular weight is 1180 g/mol. The van der Waals surface area contributed by atoms with Crippen LogP contribution >= 0.6 is 0 Å². The van der Waals surface area contributed by atoms with Crippen LogP contribution in [-0.2, 0) is 42.7 Å². The quantitative estimate of drug-likeness (QED) is 0.128. The molecule has 5 nitrogen and oxygen atoms in total. The van der Waals surface area contributed by atoms with Gasteiger partial charge < -0.3 is 26.5 Å². The van der Waals surface area contributed by atoms with E-state index in [9.17, 15) is 0 Å². The SMILES string of the molecule is CC(C)c1cccc(C(C)C)c1-c1ccc2c(c1)N(c1[c-]c(Oc3[c-]c4c(c(C(C)(C)C)c3)c3ccccc3n4-c3cc(C(C)(C)C)ccn3)ccc1)[CH-]N2c1cc(C(C)(C)C)cc(C(C)(C)c2ccccc2)c1.[CH3-].[Pt+4]. The van der Waals surface area contributed by atoms with E-state index in [0.717, 1.165) is 45.0 Å². The monoisotopic (exact) mass is 1180 g/mol. The number of rotatable bonds is 10. The molecule has 2 aromatic heterocycles. The van der Waals surface area contributed by atoms with Crippen molar-refractivity contribution in [1.29, 1.82) is 0 Å². The Labute approximate surface area is 469 Å². The number of para-hydroxylation sites is 1. The molecule has 0 unspecified atom stereocenters. The normalized spacial score (nSPS) is 13.1. The molecular weight excluding hydrogens is 1110 g/mol. The maximum Gasteiger partial charge on any atom is 4.00 e. The Bertz CT molecular complexity index is 3540. The van der Waals surface area contributed by atoms with Crippen LogP contribution in [0.15, 0.2) is 152 Å². The van der Waals surface area contributed by atoms with Crippen LogP contribution in [-0.4, -0.2) is 9.55 Å². The van der Waals surface area contributed by atoms with Crippen molar-refractivity contribution in [3.05, 3.63) is 217 Å². The first-order chi connectivity index (χ1) is 35.0. The van der Waals surface area contributed by atoms with Crippen LogP contribution in [0, 0.1) is 26.2 Å². The summed E-state index contributed by atoms with van der Waals surface area (Å²) in [4.78, 5) is 9.65. The number of hydrogen-bond acceptors (Lipinski definition) is 4. The summed E-state index contributed by atoms with van der Waals surface area (Å²) < 4.78 is 9.27. The molecule has 9 aromatic rings. The third-order valence-electron chi connectivity index (χ3n) is 15.2. The predicted octanol–water partition coefficient (Wildman–Crippen LogP) is 19.6. The van der Waals surface area contributed by atoms with Gasteiger partial charge >= 0.3 is 21.1 Å². The number of aromatic nitrogens is 2. The van der Waals surface area contributed by atoms with E-state index >= 15 is 0 Å². The molecular formula is C70H76N4OPt. The number of hydrogen-bond donors (Lipinski definition) is 0. The summed E-state index contributed by atoms with van der Waals surface area (Å²) in [6.45, 7) is 36.6. The third-order valence-corrected chi connectivity index (χ3v) is 15.2. The molecule has 0 radical (unpaired) electrons. The molecule has 10 rings (SSSR count). The zero-order valence-electron chi connectivity index (χ0n) is 47.7. The minimum absolute atomic E-state index is 0. The molecule has 76 heavy (non-hydrogen) atoms. The van der Waals surface area contributed by atoms with Crippen molar-refractivity contribution in [3.8, 4) is 28.4 Å². The molecule has 6 heteroatoms. The Balaban J connectivity index is 0.00000383. The fourth-order valence-corrected chi connectivity index (χ4v) is 10.8. The van der Waals surface area contributed by atoms with Crippen LogP contribution < -0.4 is 14.5 Å². The number of anilines is 4. The molecule has 392 valence electrons. The van der Waals surface area contributed by atoms with Crippen molar-refractivity contribution in [2.24, 2.45) is 0 Å². The minimum Gasteiger partial charge on any atom is -0.509 e. The Kier molecular flexibility index (Phi) is 15.3. The zero-order valence-corrected chi connectivity index (χ0v) is 50.0. The summed E-state index contributed by atoms with van der Waals surface area (Å²) in [6.07, 6.45) is 1.93. The Morgan fingerprint density at radius 1 is 0.539 bits per heavy atom. The Hall–Kier alpha value is -6.42. The number of nitrogens with zero attached hydrogens (tertiary/aromatic N) is 4. The summed E-state index contributed by atoms with van der Waals surface area (Å²) >= 11 is 0. The van der Waals surface area contributed by atoms with Crippen molar-refractivity contribution in [2.75, 3.05) is 9.80 Å². The minimum atomic E-state index is -0.245. The summed E-state index contributed by atoms with van der Waals surface area (Å²) in [5, 5.41) is 2.32. The molecule has 0 atom stereocenters. The number of pyridine rings is 1. The van der Waals surface area contributed by atoms with Crippen LogP contribution in [0.2, 0.25) is 0 Å². The van der Waals surface area contributed by atoms with Gasteiger partial charge in [-0.25, -0.2) is 4.98 Å². The number of fused-ring (bicyclic) bond motifs is 4. The summed E-state index contributed by atoms with van der Waals surface area (Å²) in [7, 11) is 0. The Morgan fingerprint density at radius 2 is 1.18 bits per heavy atom. The molecule has 0 N–H and O–H groups in total. The molecule has 1 aliphatic heterocycles. The molecule has 0 bridgehead atoms. The second-order valence-corrected chi connectivity index (χ2v) is 24.7. The van der Waals surface area contributed by atoms with Gasteiger partial charge in [-0.15, -0.1) is 48.3 Å². The average Bonchev–Trinajstić information content (AvgIpc) is 3.96. The van der Waals surface area contributed by atoms with Crippen molar-refractivity contribution < 1.29 is 25.8 Å². The standard InChI is InChI=1S/C69H73N4O.CH3.Pt/c1-44(2)55-28-22-29-56(45(3)4)64(55)46-31-32-60-61(35-46)71(43-72(60)52-37-49(67(8,9)10)36-50(38-52)69(14,15)47-23-17-16-18-24-47)51-25-21-26-53(40-51)74-54-41-58(68(11,12)13)65-57-27-19-20-30-59(57)73(62(65)42-54)63-39-48(33-34-70-63)66(5,6)7;;/h16-39,41,43-45H,1-15H3;1H3;/q-3;-1;+4. The molecule has 0 fully saturated rings. The molecule has 1 aliphatic rings. The van der Waals surface area contributed by atoms with Gasteiger partial charge in [0, 0.05) is 45.7 Å². The van der Waals surface area contributed by atoms with Gasteiger partial charge in [-0.2, -0.15) is 6.07 Å². The van der Waals surface area contributed by atoms with Crippen LogP contribution in [0.1, 0.15) is 155 Å².